The smallest absolute Gasteiger partial charge is 0.191 e. The number of nitrogens with zero attached hydrogens (tertiary/aromatic N) is 2. The van der Waals surface area contributed by atoms with Gasteiger partial charge in [-0.25, -0.2) is 9.37 Å². The molecular formula is C22H13ClFN3O. The van der Waals surface area contributed by atoms with Crippen LogP contribution in [0.15, 0.2) is 59.5 Å². The van der Waals surface area contributed by atoms with Crippen LogP contribution in [-0.4, -0.2) is 9.97 Å². The maximum atomic E-state index is 13.4. The van der Waals surface area contributed by atoms with Crippen LogP contribution < -0.4 is 5.43 Å². The molecule has 0 aliphatic carbocycles. The van der Waals surface area contributed by atoms with Gasteiger partial charge >= 0.3 is 0 Å². The molecule has 0 radical (unpaired) electrons. The van der Waals surface area contributed by atoms with E-state index in [0.29, 0.717) is 38.4 Å². The maximum absolute atomic E-state index is 13.4. The Morgan fingerprint density at radius 3 is 2.54 bits per heavy atom. The monoisotopic (exact) mass is 389 g/mol. The number of nitrogens with one attached hydrogen (secondary N) is 1. The molecule has 2 aromatic carbocycles. The molecule has 0 atom stereocenters. The summed E-state index contributed by atoms with van der Waals surface area (Å²) in [5.41, 5.74) is 4.06. The highest BCUT2D eigenvalue weighted by Gasteiger charge is 2.16. The average Bonchev–Trinajstić information content (AvgIpc) is 2.68. The van der Waals surface area contributed by atoms with Gasteiger partial charge in [0.2, 0.25) is 0 Å². The minimum atomic E-state index is -0.350. The normalized spacial score (nSPS) is 10.8. The molecule has 0 amide bonds. The first kappa shape index (κ1) is 17.9. The molecule has 0 bridgehead atoms. The summed E-state index contributed by atoms with van der Waals surface area (Å²) in [6.07, 6.45) is 1.54. The Morgan fingerprint density at radius 2 is 1.86 bits per heavy atom. The zero-order chi connectivity index (χ0) is 19.8. The lowest BCUT2D eigenvalue weighted by Gasteiger charge is -2.13. The van der Waals surface area contributed by atoms with E-state index in [1.165, 1.54) is 24.4 Å². The van der Waals surface area contributed by atoms with Crippen LogP contribution in [0.2, 0.25) is 5.02 Å². The topological polar surface area (TPSA) is 69.5 Å². The maximum Gasteiger partial charge on any atom is 0.191 e. The predicted octanol–water partition coefficient (Wildman–Crippen LogP) is 5.23. The van der Waals surface area contributed by atoms with Crippen LogP contribution in [0.25, 0.3) is 33.4 Å². The minimum absolute atomic E-state index is 0.162. The summed E-state index contributed by atoms with van der Waals surface area (Å²) >= 11 is 6.29. The van der Waals surface area contributed by atoms with Gasteiger partial charge in [0.15, 0.2) is 5.43 Å². The second-order valence-corrected chi connectivity index (χ2v) is 6.80. The molecule has 0 saturated heterocycles. The van der Waals surface area contributed by atoms with Gasteiger partial charge in [-0.1, -0.05) is 11.6 Å². The molecule has 2 aromatic heterocycles. The van der Waals surface area contributed by atoms with Crippen molar-refractivity contribution in [2.24, 2.45) is 0 Å². The van der Waals surface area contributed by atoms with E-state index in [1.54, 1.807) is 31.2 Å². The number of aryl methyl sites for hydroxylation is 1. The van der Waals surface area contributed by atoms with Crippen LogP contribution in [0, 0.1) is 24.1 Å². The van der Waals surface area contributed by atoms with Crippen molar-refractivity contribution in [2.45, 2.75) is 6.92 Å². The zero-order valence-electron chi connectivity index (χ0n) is 14.8. The Hall–Kier alpha value is -3.49. The van der Waals surface area contributed by atoms with Crippen molar-refractivity contribution < 1.29 is 4.39 Å². The Labute approximate surface area is 164 Å². The van der Waals surface area contributed by atoms with E-state index < -0.39 is 0 Å². The summed E-state index contributed by atoms with van der Waals surface area (Å²) in [5, 5.41) is 10.0. The SMILES string of the molecule is Cc1cc(-c2cc3c(=O)cc[nH]c3nc2-c2ccc(F)cc2)cc(Cl)c1C#N. The lowest BCUT2D eigenvalue weighted by Crippen LogP contribution is -2.03. The van der Waals surface area contributed by atoms with E-state index in [-0.39, 0.29) is 11.2 Å². The zero-order valence-corrected chi connectivity index (χ0v) is 15.5. The van der Waals surface area contributed by atoms with Gasteiger partial charge in [-0.2, -0.15) is 5.26 Å². The number of benzene rings is 2. The van der Waals surface area contributed by atoms with E-state index in [4.69, 9.17) is 11.6 Å². The van der Waals surface area contributed by atoms with E-state index in [2.05, 4.69) is 16.0 Å². The summed E-state index contributed by atoms with van der Waals surface area (Å²) in [6, 6.07) is 14.8. The van der Waals surface area contributed by atoms with Gasteiger partial charge in [0, 0.05) is 23.4 Å². The Kier molecular flexibility index (Phi) is 4.42. The van der Waals surface area contributed by atoms with Crippen molar-refractivity contribution in [3.05, 3.63) is 86.9 Å². The number of H-pyrrole nitrogens is 1. The summed E-state index contributed by atoms with van der Waals surface area (Å²) in [5.74, 6) is -0.350. The number of aromatic amines is 1. The Balaban J connectivity index is 2.07. The third-order valence-electron chi connectivity index (χ3n) is 4.57. The first-order chi connectivity index (χ1) is 13.5. The summed E-state index contributed by atoms with van der Waals surface area (Å²) in [4.78, 5) is 19.9. The van der Waals surface area contributed by atoms with Crippen LogP contribution >= 0.6 is 11.6 Å². The van der Waals surface area contributed by atoms with Gasteiger partial charge in [0.25, 0.3) is 0 Å². The van der Waals surface area contributed by atoms with Crippen molar-refractivity contribution in [2.75, 3.05) is 0 Å². The predicted molar refractivity (Wildman–Crippen MR) is 108 cm³/mol. The van der Waals surface area contributed by atoms with Gasteiger partial charge in [0.05, 0.1) is 21.7 Å². The van der Waals surface area contributed by atoms with E-state index in [0.717, 1.165) is 11.1 Å². The molecule has 0 saturated carbocycles. The molecule has 0 aliphatic heterocycles. The van der Waals surface area contributed by atoms with Crippen LogP contribution in [0.4, 0.5) is 4.39 Å². The van der Waals surface area contributed by atoms with E-state index in [1.807, 2.05) is 6.07 Å². The number of aromatic nitrogens is 2. The number of rotatable bonds is 2. The number of halogens is 2. The molecule has 0 spiro atoms. The molecule has 0 aliphatic rings. The van der Waals surface area contributed by atoms with Gasteiger partial charge in [0.1, 0.15) is 17.5 Å². The van der Waals surface area contributed by atoms with Crippen LogP contribution in [0.1, 0.15) is 11.1 Å². The fourth-order valence-electron chi connectivity index (χ4n) is 3.19. The Morgan fingerprint density at radius 1 is 1.11 bits per heavy atom. The van der Waals surface area contributed by atoms with E-state index in [9.17, 15) is 14.4 Å². The summed E-state index contributed by atoms with van der Waals surface area (Å²) in [7, 11) is 0. The number of fused-ring (bicyclic) bond motifs is 1. The van der Waals surface area contributed by atoms with Gasteiger partial charge in [-0.3, -0.25) is 4.79 Å². The highest BCUT2D eigenvalue weighted by atomic mass is 35.5. The molecule has 0 fully saturated rings. The van der Waals surface area contributed by atoms with Crippen LogP contribution in [0.3, 0.4) is 0 Å². The molecule has 4 rings (SSSR count). The molecule has 6 heteroatoms. The third-order valence-corrected chi connectivity index (χ3v) is 4.87. The number of nitriles is 1. The van der Waals surface area contributed by atoms with Crippen molar-refractivity contribution >= 4 is 22.6 Å². The Bertz CT molecular complexity index is 1300. The lowest BCUT2D eigenvalue weighted by atomic mass is 9.95. The number of hydrogen-bond donors (Lipinski definition) is 1. The minimum Gasteiger partial charge on any atom is -0.346 e. The number of pyridine rings is 2. The summed E-state index contributed by atoms with van der Waals surface area (Å²) < 4.78 is 13.4. The van der Waals surface area contributed by atoms with Gasteiger partial charge in [-0.15, -0.1) is 0 Å². The second-order valence-electron chi connectivity index (χ2n) is 6.39. The molecule has 28 heavy (non-hydrogen) atoms. The fourth-order valence-corrected chi connectivity index (χ4v) is 3.50. The van der Waals surface area contributed by atoms with Crippen LogP contribution in [-0.2, 0) is 0 Å². The fraction of sp³-hybridized carbons (Fsp3) is 0.0455. The molecule has 1 N–H and O–H groups in total. The van der Waals surface area contributed by atoms with Gasteiger partial charge < -0.3 is 4.98 Å². The van der Waals surface area contributed by atoms with Crippen molar-refractivity contribution in [1.29, 1.82) is 5.26 Å². The van der Waals surface area contributed by atoms with E-state index >= 15 is 0 Å². The van der Waals surface area contributed by atoms with Gasteiger partial charge in [-0.05, 0) is 60.5 Å². The molecule has 4 nitrogen and oxygen atoms in total. The van der Waals surface area contributed by atoms with Crippen LogP contribution in [0.5, 0.6) is 0 Å². The average molecular weight is 390 g/mol. The van der Waals surface area contributed by atoms with Crippen molar-refractivity contribution in [3.63, 3.8) is 0 Å². The lowest BCUT2D eigenvalue weighted by molar-refractivity contribution is 0.628. The molecule has 136 valence electrons. The molecule has 4 aromatic rings. The first-order valence-electron chi connectivity index (χ1n) is 8.47. The largest absolute Gasteiger partial charge is 0.346 e. The van der Waals surface area contributed by atoms with Crippen molar-refractivity contribution in [1.82, 2.24) is 9.97 Å². The second kappa shape index (κ2) is 6.91. The first-order valence-corrected chi connectivity index (χ1v) is 8.84. The highest BCUT2D eigenvalue weighted by molar-refractivity contribution is 6.32. The standard InChI is InChI=1S/C22H13ClFN3O/c1-12-8-14(9-19(23)18(12)11-25)16-10-17-20(28)6-7-26-22(17)27-21(16)13-2-4-15(24)5-3-13/h2-10H,1H3,(H,26,27,28). The molecule has 2 heterocycles. The number of hydrogen-bond acceptors (Lipinski definition) is 3. The third kappa shape index (κ3) is 3.04. The van der Waals surface area contributed by atoms with Crippen molar-refractivity contribution in [3.8, 4) is 28.5 Å². The quantitative estimate of drug-likeness (QED) is 0.510. The highest BCUT2D eigenvalue weighted by Crippen LogP contribution is 2.35. The molecule has 0 unspecified atom stereocenters. The molecular weight excluding hydrogens is 377 g/mol. The summed E-state index contributed by atoms with van der Waals surface area (Å²) in [6.45, 7) is 1.80.